The van der Waals surface area contributed by atoms with E-state index in [1.165, 1.54) is 30.5 Å². The zero-order chi connectivity index (χ0) is 29.1. The summed E-state index contributed by atoms with van der Waals surface area (Å²) in [6.07, 6.45) is 4.59. The van der Waals surface area contributed by atoms with E-state index in [2.05, 4.69) is 9.80 Å². The molecular formula is C34H38F2N2O4. The Morgan fingerprint density at radius 2 is 1.38 bits per heavy atom. The van der Waals surface area contributed by atoms with E-state index in [1.807, 2.05) is 30.3 Å². The minimum atomic E-state index is -0.998. The summed E-state index contributed by atoms with van der Waals surface area (Å²) in [5, 5.41) is 0. The van der Waals surface area contributed by atoms with Crippen molar-refractivity contribution in [3.8, 4) is 0 Å². The van der Waals surface area contributed by atoms with Gasteiger partial charge in [0.2, 0.25) is 5.78 Å². The zero-order valence-corrected chi connectivity index (χ0v) is 23.8. The van der Waals surface area contributed by atoms with Crippen molar-refractivity contribution in [2.75, 3.05) is 45.9 Å². The predicted molar refractivity (Wildman–Crippen MR) is 157 cm³/mol. The van der Waals surface area contributed by atoms with Gasteiger partial charge in [0.15, 0.2) is 6.26 Å². The lowest BCUT2D eigenvalue weighted by Crippen LogP contribution is -2.47. The van der Waals surface area contributed by atoms with Crippen molar-refractivity contribution in [2.24, 2.45) is 0 Å². The monoisotopic (exact) mass is 576 g/mol. The van der Waals surface area contributed by atoms with Gasteiger partial charge in [-0.1, -0.05) is 67.4 Å². The fourth-order valence-electron chi connectivity index (χ4n) is 5.49. The van der Waals surface area contributed by atoms with Crippen molar-refractivity contribution >= 4 is 5.78 Å². The maximum Gasteiger partial charge on any atom is 0.319 e. The van der Waals surface area contributed by atoms with E-state index in [0.29, 0.717) is 12.2 Å². The highest BCUT2D eigenvalue weighted by molar-refractivity contribution is 5.98. The highest BCUT2D eigenvalue weighted by Gasteiger charge is 2.29. The molecular weight excluding hydrogens is 538 g/mol. The molecule has 0 saturated carbocycles. The van der Waals surface area contributed by atoms with Crippen LogP contribution in [0.4, 0.5) is 8.78 Å². The number of rotatable bonds is 14. The maximum absolute atomic E-state index is 13.5. The van der Waals surface area contributed by atoms with Gasteiger partial charge in [0.1, 0.15) is 18.2 Å². The molecule has 3 aromatic carbocycles. The summed E-state index contributed by atoms with van der Waals surface area (Å²) in [5.74, 6) is -0.357. The molecule has 0 bridgehead atoms. The van der Waals surface area contributed by atoms with Crippen LogP contribution in [0.3, 0.4) is 0 Å². The van der Waals surface area contributed by atoms with Gasteiger partial charge in [-0.05, 0) is 54.8 Å². The Balaban J connectivity index is 0.954. The van der Waals surface area contributed by atoms with E-state index in [4.69, 9.17) is 14.2 Å². The minimum absolute atomic E-state index is 0.129. The molecule has 0 aromatic heterocycles. The van der Waals surface area contributed by atoms with Gasteiger partial charge in [0.05, 0.1) is 0 Å². The van der Waals surface area contributed by atoms with E-state index in [1.54, 1.807) is 24.3 Å². The first-order chi connectivity index (χ1) is 20.5. The van der Waals surface area contributed by atoms with Crippen molar-refractivity contribution in [1.29, 1.82) is 0 Å². The zero-order valence-electron chi connectivity index (χ0n) is 23.8. The number of hydrogen-bond acceptors (Lipinski definition) is 6. The lowest BCUT2D eigenvalue weighted by Gasteiger charge is -2.34. The highest BCUT2D eigenvalue weighted by Crippen LogP contribution is 2.30. The average Bonchev–Trinajstić information content (AvgIpc) is 3.50. The molecule has 1 saturated heterocycles. The van der Waals surface area contributed by atoms with Gasteiger partial charge >= 0.3 is 12.2 Å². The highest BCUT2D eigenvalue weighted by atomic mass is 19.1. The molecule has 6 nitrogen and oxygen atoms in total. The molecule has 2 aliphatic heterocycles. The van der Waals surface area contributed by atoms with Crippen LogP contribution < -0.4 is 0 Å². The van der Waals surface area contributed by atoms with Gasteiger partial charge in [-0.2, -0.15) is 0 Å². The number of carbonyl (C=O) groups excluding carboxylic acids is 1. The van der Waals surface area contributed by atoms with E-state index in [-0.39, 0.29) is 29.3 Å². The number of nitrogens with zero attached hydrogens (tertiary/aromatic N) is 2. The van der Waals surface area contributed by atoms with E-state index >= 15 is 0 Å². The van der Waals surface area contributed by atoms with Crippen molar-refractivity contribution in [2.45, 2.75) is 37.9 Å². The molecule has 0 amide bonds. The molecule has 8 heteroatoms. The molecule has 0 aliphatic carbocycles. The number of carbonyl (C=O) groups is 1. The second-order valence-corrected chi connectivity index (χ2v) is 10.8. The Morgan fingerprint density at radius 3 is 2.00 bits per heavy atom. The van der Waals surface area contributed by atoms with Crippen molar-refractivity contribution in [3.63, 3.8) is 0 Å². The van der Waals surface area contributed by atoms with Crippen LogP contribution in [0.25, 0.3) is 0 Å². The van der Waals surface area contributed by atoms with Crippen molar-refractivity contribution in [3.05, 3.63) is 119 Å². The molecule has 1 atom stereocenters. The Hall–Kier alpha value is -3.75. The van der Waals surface area contributed by atoms with Crippen LogP contribution in [0.2, 0.25) is 0 Å². The van der Waals surface area contributed by atoms with Gasteiger partial charge in [0.25, 0.3) is 0 Å². The molecule has 1 fully saturated rings. The van der Waals surface area contributed by atoms with Crippen LogP contribution >= 0.6 is 0 Å². The second kappa shape index (κ2) is 14.9. The molecule has 2 heterocycles. The number of Topliss-reactive ketones (excluding diaryl/α,β-unsaturated/α-hetero) is 1. The molecule has 0 spiro atoms. The molecule has 5 rings (SSSR count). The average molecular weight is 577 g/mol. The third-order valence-electron chi connectivity index (χ3n) is 7.91. The van der Waals surface area contributed by atoms with E-state index in [0.717, 1.165) is 76.1 Å². The predicted octanol–water partition coefficient (Wildman–Crippen LogP) is 6.35. The molecule has 222 valence electrons. The lowest BCUT2D eigenvalue weighted by molar-refractivity contribution is -0.0526. The maximum atomic E-state index is 13.5. The van der Waals surface area contributed by atoms with Crippen LogP contribution in [0.5, 0.6) is 0 Å². The summed E-state index contributed by atoms with van der Waals surface area (Å²) in [5.41, 5.74) is 2.66. The summed E-state index contributed by atoms with van der Waals surface area (Å²) in [6.45, 7) is 6.30. The van der Waals surface area contributed by atoms with Gasteiger partial charge in [-0.15, -0.1) is 0 Å². The molecule has 0 radical (unpaired) electrons. The van der Waals surface area contributed by atoms with Crippen LogP contribution in [0.1, 0.15) is 53.1 Å². The molecule has 42 heavy (non-hydrogen) atoms. The first-order valence-corrected chi connectivity index (χ1v) is 14.7. The van der Waals surface area contributed by atoms with Gasteiger partial charge in [-0.3, -0.25) is 9.69 Å². The Kier molecular flexibility index (Phi) is 10.6. The van der Waals surface area contributed by atoms with E-state index < -0.39 is 6.29 Å². The third-order valence-corrected chi connectivity index (χ3v) is 7.91. The minimum Gasteiger partial charge on any atom is -0.462 e. The number of benzene rings is 3. The number of piperazine rings is 1. The number of ketones is 1. The van der Waals surface area contributed by atoms with Crippen LogP contribution in [-0.4, -0.2) is 67.7 Å². The van der Waals surface area contributed by atoms with Crippen LogP contribution in [0.15, 0.2) is 91.1 Å². The normalized spacial score (nSPS) is 17.5. The smallest absolute Gasteiger partial charge is 0.319 e. The summed E-state index contributed by atoms with van der Waals surface area (Å²) in [6, 6.07) is 22.3. The quantitative estimate of drug-likeness (QED) is 0.165. The summed E-state index contributed by atoms with van der Waals surface area (Å²) in [7, 11) is 0. The number of unbranched alkanes of at least 4 members (excludes halogenated alkanes) is 2. The fourth-order valence-corrected chi connectivity index (χ4v) is 5.49. The Labute approximate surface area is 246 Å². The fraction of sp³-hybridized carbons (Fsp3) is 0.382. The second-order valence-electron chi connectivity index (χ2n) is 10.8. The van der Waals surface area contributed by atoms with Crippen molar-refractivity contribution in [1.82, 2.24) is 9.80 Å². The number of hydrogen-bond donors (Lipinski definition) is 0. The summed E-state index contributed by atoms with van der Waals surface area (Å²) < 4.78 is 43.6. The van der Waals surface area contributed by atoms with Crippen molar-refractivity contribution < 1.29 is 27.8 Å². The summed E-state index contributed by atoms with van der Waals surface area (Å²) >= 11 is 0. The Morgan fingerprint density at radius 1 is 0.786 bits per heavy atom. The molecule has 0 N–H and O–H groups in total. The SMILES string of the molecule is O=C(c1ccccc1)C1OC=C(OCCN2CCN(CCCCCC(c3ccc(F)cc3)c3ccc(F)cc3)CC2)O1. The first kappa shape index (κ1) is 29.7. The van der Waals surface area contributed by atoms with Crippen LogP contribution in [0, 0.1) is 11.6 Å². The molecule has 1 unspecified atom stereocenters. The topological polar surface area (TPSA) is 51.2 Å². The largest absolute Gasteiger partial charge is 0.462 e. The molecule has 3 aromatic rings. The Bertz CT molecular complexity index is 1250. The number of ether oxygens (including phenoxy) is 3. The lowest BCUT2D eigenvalue weighted by atomic mass is 9.87. The standard InChI is InChI=1S/C34H38F2N2O4/c35-29-14-10-26(11-15-29)31(27-12-16-30(36)17-13-27)9-5-2-6-18-37-19-21-38(22-20-37)23-24-40-32-25-41-34(42-32)33(39)28-7-3-1-4-8-28/h1,3-4,7-8,10-17,25,31,34H,2,5-6,9,18-24H2. The van der Waals surface area contributed by atoms with Gasteiger partial charge in [0, 0.05) is 44.2 Å². The van der Waals surface area contributed by atoms with E-state index in [9.17, 15) is 13.6 Å². The van der Waals surface area contributed by atoms with Gasteiger partial charge < -0.3 is 19.1 Å². The first-order valence-electron chi connectivity index (χ1n) is 14.7. The summed E-state index contributed by atoms with van der Waals surface area (Å²) in [4.78, 5) is 17.3. The van der Waals surface area contributed by atoms with Gasteiger partial charge in [-0.25, -0.2) is 8.78 Å². The number of halogens is 2. The molecule has 2 aliphatic rings. The third kappa shape index (κ3) is 8.39. The van der Waals surface area contributed by atoms with Crippen LogP contribution in [-0.2, 0) is 14.2 Å².